The summed E-state index contributed by atoms with van der Waals surface area (Å²) < 4.78 is 5.11. The van der Waals surface area contributed by atoms with Gasteiger partial charge in [-0.2, -0.15) is 0 Å². The van der Waals surface area contributed by atoms with Crippen LogP contribution >= 0.6 is 0 Å². The fourth-order valence-electron chi connectivity index (χ4n) is 1.72. The van der Waals surface area contributed by atoms with Gasteiger partial charge in [-0.05, 0) is 48.4 Å². The number of methoxy groups -OCH3 is 1. The summed E-state index contributed by atoms with van der Waals surface area (Å²) >= 11 is 0. The van der Waals surface area contributed by atoms with Gasteiger partial charge in [0.05, 0.1) is 7.11 Å². The second-order valence-electron chi connectivity index (χ2n) is 4.07. The van der Waals surface area contributed by atoms with E-state index in [4.69, 9.17) is 9.84 Å². The Bertz CT molecular complexity index is 477. The predicted octanol–water partition coefficient (Wildman–Crippen LogP) is 3.06. The summed E-state index contributed by atoms with van der Waals surface area (Å²) in [6.45, 7) is 0.858. The second-order valence-corrected chi connectivity index (χ2v) is 4.07. The highest BCUT2D eigenvalue weighted by atomic mass is 16.5. The van der Waals surface area contributed by atoms with Crippen LogP contribution in [0, 0.1) is 0 Å². The first kappa shape index (κ1) is 12.3. The fourth-order valence-corrected chi connectivity index (χ4v) is 1.72. The smallest absolute Gasteiger partial charge is 0.118 e. The number of nitrogens with one attached hydrogen (secondary N) is 1. The Balaban J connectivity index is 1.82. The summed E-state index contributed by atoms with van der Waals surface area (Å²) in [5.41, 5.74) is 2.28. The Morgan fingerprint density at radius 1 is 1.00 bits per heavy atom. The largest absolute Gasteiger partial charge is 0.508 e. The number of phenolic OH excluding ortho intramolecular Hbond substituents is 1. The number of ether oxygens (including phenoxy) is 1. The number of anilines is 1. The molecule has 2 aromatic rings. The Morgan fingerprint density at radius 2 is 1.67 bits per heavy atom. The minimum atomic E-state index is 0.288. The molecule has 2 N–H and O–H groups in total. The maximum absolute atomic E-state index is 9.17. The van der Waals surface area contributed by atoms with Gasteiger partial charge in [-0.3, -0.25) is 0 Å². The van der Waals surface area contributed by atoms with Crippen molar-refractivity contribution in [1.29, 1.82) is 0 Å². The third kappa shape index (κ3) is 3.42. The van der Waals surface area contributed by atoms with Crippen LogP contribution in [0.3, 0.4) is 0 Å². The molecular formula is C15H17NO2. The zero-order valence-electron chi connectivity index (χ0n) is 10.4. The Labute approximate surface area is 107 Å². The lowest BCUT2D eigenvalue weighted by Gasteiger charge is -2.07. The van der Waals surface area contributed by atoms with Crippen LogP contribution in [0.15, 0.2) is 48.5 Å². The van der Waals surface area contributed by atoms with Crippen molar-refractivity contribution in [1.82, 2.24) is 0 Å². The molecule has 0 aromatic heterocycles. The van der Waals surface area contributed by atoms with Gasteiger partial charge in [0.25, 0.3) is 0 Å². The monoisotopic (exact) mass is 243 g/mol. The van der Waals surface area contributed by atoms with Crippen molar-refractivity contribution in [2.75, 3.05) is 19.0 Å². The Morgan fingerprint density at radius 3 is 2.28 bits per heavy atom. The third-order valence-corrected chi connectivity index (χ3v) is 2.77. The Kier molecular flexibility index (Phi) is 4.07. The van der Waals surface area contributed by atoms with Crippen LogP contribution in [0.4, 0.5) is 5.69 Å². The SMILES string of the molecule is COc1ccc(CCNc2ccc(O)cc2)cc1. The zero-order valence-corrected chi connectivity index (χ0v) is 10.4. The van der Waals surface area contributed by atoms with Crippen LogP contribution in [0.25, 0.3) is 0 Å². The summed E-state index contributed by atoms with van der Waals surface area (Å²) in [6, 6.07) is 15.2. The summed E-state index contributed by atoms with van der Waals surface area (Å²) in [5.74, 6) is 1.17. The molecule has 0 radical (unpaired) electrons. The molecule has 0 spiro atoms. The van der Waals surface area contributed by atoms with Crippen molar-refractivity contribution in [3.63, 3.8) is 0 Å². The van der Waals surface area contributed by atoms with E-state index in [9.17, 15) is 0 Å². The molecule has 0 heterocycles. The standard InChI is InChI=1S/C15H17NO2/c1-18-15-8-2-12(3-9-15)10-11-16-13-4-6-14(17)7-5-13/h2-9,16-17H,10-11H2,1H3. The maximum atomic E-state index is 9.17. The van der Waals surface area contributed by atoms with E-state index in [1.54, 1.807) is 19.2 Å². The molecule has 2 aromatic carbocycles. The molecule has 0 saturated heterocycles. The summed E-state index contributed by atoms with van der Waals surface area (Å²) in [4.78, 5) is 0. The predicted molar refractivity (Wildman–Crippen MR) is 73.3 cm³/mol. The van der Waals surface area contributed by atoms with E-state index in [2.05, 4.69) is 17.4 Å². The van der Waals surface area contributed by atoms with Gasteiger partial charge in [-0.25, -0.2) is 0 Å². The molecule has 3 heteroatoms. The topological polar surface area (TPSA) is 41.5 Å². The van der Waals surface area contributed by atoms with Gasteiger partial charge in [-0.15, -0.1) is 0 Å². The van der Waals surface area contributed by atoms with Crippen LogP contribution in [0.5, 0.6) is 11.5 Å². The fraction of sp³-hybridized carbons (Fsp3) is 0.200. The van der Waals surface area contributed by atoms with E-state index >= 15 is 0 Å². The van der Waals surface area contributed by atoms with Crippen LogP contribution in [0.1, 0.15) is 5.56 Å². The van der Waals surface area contributed by atoms with E-state index in [-0.39, 0.29) is 5.75 Å². The van der Waals surface area contributed by atoms with Crippen LogP contribution < -0.4 is 10.1 Å². The number of aromatic hydroxyl groups is 1. The maximum Gasteiger partial charge on any atom is 0.118 e. The molecule has 0 bridgehead atoms. The Hall–Kier alpha value is -2.16. The van der Waals surface area contributed by atoms with Crippen molar-refractivity contribution in [2.45, 2.75) is 6.42 Å². The lowest BCUT2D eigenvalue weighted by Crippen LogP contribution is -2.04. The van der Waals surface area contributed by atoms with E-state index in [0.29, 0.717) is 0 Å². The summed E-state index contributed by atoms with van der Waals surface area (Å²) in [6.07, 6.45) is 0.949. The lowest BCUT2D eigenvalue weighted by atomic mass is 10.1. The van der Waals surface area contributed by atoms with Crippen LogP contribution in [-0.4, -0.2) is 18.8 Å². The number of rotatable bonds is 5. The molecule has 0 amide bonds. The van der Waals surface area contributed by atoms with Gasteiger partial charge in [0, 0.05) is 12.2 Å². The molecule has 3 nitrogen and oxygen atoms in total. The number of hydrogen-bond acceptors (Lipinski definition) is 3. The molecule has 0 aliphatic rings. The first-order chi connectivity index (χ1) is 8.78. The molecule has 2 rings (SSSR count). The minimum Gasteiger partial charge on any atom is -0.508 e. The normalized spacial score (nSPS) is 10.1. The van der Waals surface area contributed by atoms with Gasteiger partial charge >= 0.3 is 0 Å². The zero-order chi connectivity index (χ0) is 12.8. The molecule has 94 valence electrons. The molecule has 0 aliphatic carbocycles. The van der Waals surface area contributed by atoms with E-state index < -0.39 is 0 Å². The number of phenols is 1. The van der Waals surface area contributed by atoms with Crippen LogP contribution in [0.2, 0.25) is 0 Å². The molecular weight excluding hydrogens is 226 g/mol. The highest BCUT2D eigenvalue weighted by Crippen LogP contribution is 2.14. The van der Waals surface area contributed by atoms with Crippen molar-refractivity contribution in [3.8, 4) is 11.5 Å². The molecule has 0 unspecified atom stereocenters. The molecule has 0 saturated carbocycles. The first-order valence-corrected chi connectivity index (χ1v) is 5.94. The third-order valence-electron chi connectivity index (χ3n) is 2.77. The van der Waals surface area contributed by atoms with Crippen molar-refractivity contribution >= 4 is 5.69 Å². The van der Waals surface area contributed by atoms with Gasteiger partial charge in [0.1, 0.15) is 11.5 Å². The van der Waals surface area contributed by atoms with Gasteiger partial charge < -0.3 is 15.2 Å². The van der Waals surface area contributed by atoms with Gasteiger partial charge in [-0.1, -0.05) is 12.1 Å². The van der Waals surface area contributed by atoms with Gasteiger partial charge in [0.2, 0.25) is 0 Å². The highest BCUT2D eigenvalue weighted by Gasteiger charge is 1.96. The molecule has 0 fully saturated rings. The van der Waals surface area contributed by atoms with Crippen molar-refractivity contribution < 1.29 is 9.84 Å². The quantitative estimate of drug-likeness (QED) is 0.793. The lowest BCUT2D eigenvalue weighted by molar-refractivity contribution is 0.414. The molecule has 0 aliphatic heterocycles. The average molecular weight is 243 g/mol. The summed E-state index contributed by atoms with van der Waals surface area (Å²) in [5, 5.41) is 12.5. The van der Waals surface area contributed by atoms with Crippen LogP contribution in [-0.2, 0) is 6.42 Å². The van der Waals surface area contributed by atoms with E-state index in [1.165, 1.54) is 5.56 Å². The van der Waals surface area contributed by atoms with Gasteiger partial charge in [0.15, 0.2) is 0 Å². The molecule has 18 heavy (non-hydrogen) atoms. The average Bonchev–Trinajstić information content (AvgIpc) is 2.42. The molecule has 0 atom stereocenters. The second kappa shape index (κ2) is 5.96. The minimum absolute atomic E-state index is 0.288. The summed E-state index contributed by atoms with van der Waals surface area (Å²) in [7, 11) is 1.67. The van der Waals surface area contributed by atoms with E-state index in [1.807, 2.05) is 24.3 Å². The number of hydrogen-bond donors (Lipinski definition) is 2. The van der Waals surface area contributed by atoms with E-state index in [0.717, 1.165) is 24.4 Å². The number of benzene rings is 2. The first-order valence-electron chi connectivity index (χ1n) is 5.94. The van der Waals surface area contributed by atoms with Crippen molar-refractivity contribution in [2.24, 2.45) is 0 Å². The highest BCUT2D eigenvalue weighted by molar-refractivity contribution is 5.46. The van der Waals surface area contributed by atoms with Crippen molar-refractivity contribution in [3.05, 3.63) is 54.1 Å².